The standard InChI is InChI=1S/C27H24ClFN2O5/c28-23-19-5-6-22(32)35-26(19)27(25-20(23)9-14-34-25)33-13-2-1-10-31-11-7-16(8-12-31)24-18-4-3-17(29)15-21(18)36-30-24/h3-6,9,14-16H,1-2,7-8,10-13H2. The summed E-state index contributed by atoms with van der Waals surface area (Å²) in [5.74, 6) is 0.416. The molecule has 0 unspecified atom stereocenters. The van der Waals surface area contributed by atoms with Gasteiger partial charge in [-0.1, -0.05) is 16.8 Å². The number of nitrogens with zero attached hydrogens (tertiary/aromatic N) is 2. The molecule has 0 saturated carbocycles. The summed E-state index contributed by atoms with van der Waals surface area (Å²) < 4.78 is 35.8. The lowest BCUT2D eigenvalue weighted by Crippen LogP contribution is -2.34. The molecule has 186 valence electrons. The monoisotopic (exact) mass is 510 g/mol. The van der Waals surface area contributed by atoms with E-state index in [9.17, 15) is 9.18 Å². The number of piperidine rings is 1. The van der Waals surface area contributed by atoms with Gasteiger partial charge in [0.15, 0.2) is 16.7 Å². The zero-order valence-electron chi connectivity index (χ0n) is 19.5. The molecule has 0 bridgehead atoms. The molecular weight excluding hydrogens is 487 g/mol. The Morgan fingerprint density at radius 3 is 2.72 bits per heavy atom. The molecular formula is C27H24ClFN2O5. The van der Waals surface area contributed by atoms with E-state index in [1.807, 2.05) is 0 Å². The molecule has 1 fully saturated rings. The minimum Gasteiger partial charge on any atom is -0.486 e. The van der Waals surface area contributed by atoms with E-state index >= 15 is 0 Å². The highest BCUT2D eigenvalue weighted by atomic mass is 35.5. The topological polar surface area (TPSA) is 81.9 Å². The lowest BCUT2D eigenvalue weighted by molar-refractivity contribution is 0.199. The van der Waals surface area contributed by atoms with Gasteiger partial charge in [0.05, 0.1) is 23.6 Å². The summed E-state index contributed by atoms with van der Waals surface area (Å²) in [6.07, 6.45) is 5.32. The predicted molar refractivity (Wildman–Crippen MR) is 134 cm³/mol. The second-order valence-corrected chi connectivity index (χ2v) is 9.56. The van der Waals surface area contributed by atoms with Crippen molar-refractivity contribution in [3.05, 3.63) is 69.6 Å². The lowest BCUT2D eigenvalue weighted by Gasteiger charge is -2.31. The van der Waals surface area contributed by atoms with E-state index in [-0.39, 0.29) is 5.82 Å². The van der Waals surface area contributed by atoms with Crippen LogP contribution in [0.5, 0.6) is 5.75 Å². The Morgan fingerprint density at radius 1 is 1.06 bits per heavy atom. The van der Waals surface area contributed by atoms with Gasteiger partial charge in [0, 0.05) is 34.2 Å². The van der Waals surface area contributed by atoms with E-state index in [4.69, 9.17) is 29.7 Å². The van der Waals surface area contributed by atoms with Crippen LogP contribution in [0, 0.1) is 5.82 Å². The number of rotatable bonds is 7. The van der Waals surface area contributed by atoms with Crippen molar-refractivity contribution in [2.75, 3.05) is 26.2 Å². The molecule has 7 nitrogen and oxygen atoms in total. The van der Waals surface area contributed by atoms with Gasteiger partial charge in [0.25, 0.3) is 0 Å². The van der Waals surface area contributed by atoms with Crippen LogP contribution in [0.3, 0.4) is 0 Å². The second kappa shape index (κ2) is 9.59. The minimum atomic E-state index is -0.469. The Labute approximate surface area is 210 Å². The number of furan rings is 1. The van der Waals surface area contributed by atoms with Crippen LogP contribution in [0.4, 0.5) is 4.39 Å². The quantitative estimate of drug-likeness (QED) is 0.182. The smallest absolute Gasteiger partial charge is 0.336 e. The van der Waals surface area contributed by atoms with E-state index in [1.165, 1.54) is 18.2 Å². The summed E-state index contributed by atoms with van der Waals surface area (Å²) >= 11 is 6.48. The van der Waals surface area contributed by atoms with Gasteiger partial charge >= 0.3 is 5.63 Å². The molecule has 9 heteroatoms. The average Bonchev–Trinajstić information content (AvgIpc) is 3.53. The second-order valence-electron chi connectivity index (χ2n) is 9.18. The first-order chi connectivity index (χ1) is 17.6. The van der Waals surface area contributed by atoms with Gasteiger partial charge in [-0.05, 0) is 69.6 Å². The molecule has 36 heavy (non-hydrogen) atoms. The molecule has 1 saturated heterocycles. The Bertz CT molecular complexity index is 1600. The molecule has 5 aromatic rings. The highest BCUT2D eigenvalue weighted by molar-refractivity contribution is 6.40. The fourth-order valence-electron chi connectivity index (χ4n) is 5.06. The van der Waals surface area contributed by atoms with Crippen LogP contribution in [0.2, 0.25) is 5.02 Å². The summed E-state index contributed by atoms with van der Waals surface area (Å²) in [4.78, 5) is 14.3. The van der Waals surface area contributed by atoms with Crippen LogP contribution in [0.25, 0.3) is 32.9 Å². The van der Waals surface area contributed by atoms with Gasteiger partial charge in [-0.15, -0.1) is 0 Å². The van der Waals surface area contributed by atoms with Gasteiger partial charge in [-0.25, -0.2) is 9.18 Å². The first-order valence-corrected chi connectivity index (χ1v) is 12.5. The third-order valence-electron chi connectivity index (χ3n) is 6.94. The summed E-state index contributed by atoms with van der Waals surface area (Å²) in [5.41, 5.74) is 1.76. The maximum Gasteiger partial charge on any atom is 0.336 e. The maximum absolute atomic E-state index is 13.4. The van der Waals surface area contributed by atoms with Gasteiger partial charge < -0.3 is 23.0 Å². The molecule has 0 N–H and O–H groups in total. The summed E-state index contributed by atoms with van der Waals surface area (Å²) in [5, 5.41) is 6.95. The first kappa shape index (κ1) is 23.1. The van der Waals surface area contributed by atoms with Crippen molar-refractivity contribution in [2.45, 2.75) is 31.6 Å². The maximum atomic E-state index is 13.4. The number of hydrogen-bond donors (Lipinski definition) is 0. The van der Waals surface area contributed by atoms with Crippen LogP contribution in [-0.4, -0.2) is 36.3 Å². The van der Waals surface area contributed by atoms with Crippen molar-refractivity contribution in [3.63, 3.8) is 0 Å². The Balaban J connectivity index is 1.03. The van der Waals surface area contributed by atoms with E-state index in [2.05, 4.69) is 10.1 Å². The van der Waals surface area contributed by atoms with E-state index in [0.29, 0.717) is 45.4 Å². The third kappa shape index (κ3) is 4.24. The number of benzene rings is 2. The summed E-state index contributed by atoms with van der Waals surface area (Å²) in [7, 11) is 0. The lowest BCUT2D eigenvalue weighted by atomic mass is 9.91. The van der Waals surface area contributed by atoms with Gasteiger partial charge in [-0.3, -0.25) is 0 Å². The van der Waals surface area contributed by atoms with E-state index in [0.717, 1.165) is 61.8 Å². The molecule has 0 atom stereocenters. The zero-order chi connectivity index (χ0) is 24.6. The van der Waals surface area contributed by atoms with Crippen molar-refractivity contribution < 1.29 is 22.5 Å². The van der Waals surface area contributed by atoms with Crippen LogP contribution in [0.15, 0.2) is 60.8 Å². The van der Waals surface area contributed by atoms with Crippen molar-refractivity contribution in [1.29, 1.82) is 0 Å². The molecule has 0 aliphatic carbocycles. The number of hydrogen-bond acceptors (Lipinski definition) is 7. The molecule has 3 aromatic heterocycles. The Hall–Kier alpha value is -3.36. The molecule has 2 aromatic carbocycles. The molecule has 0 amide bonds. The van der Waals surface area contributed by atoms with Gasteiger partial charge in [0.1, 0.15) is 5.82 Å². The van der Waals surface area contributed by atoms with Crippen molar-refractivity contribution in [3.8, 4) is 5.75 Å². The van der Waals surface area contributed by atoms with E-state index < -0.39 is 5.63 Å². The highest BCUT2D eigenvalue weighted by Crippen LogP contribution is 2.41. The first-order valence-electron chi connectivity index (χ1n) is 12.1. The molecule has 0 spiro atoms. The third-order valence-corrected chi connectivity index (χ3v) is 7.34. The van der Waals surface area contributed by atoms with Gasteiger partial charge in [-0.2, -0.15) is 0 Å². The van der Waals surface area contributed by atoms with Crippen LogP contribution < -0.4 is 10.4 Å². The average molecular weight is 511 g/mol. The number of fused-ring (bicyclic) bond motifs is 3. The normalized spacial score (nSPS) is 15.4. The number of aromatic nitrogens is 1. The van der Waals surface area contributed by atoms with E-state index in [1.54, 1.807) is 24.5 Å². The zero-order valence-corrected chi connectivity index (χ0v) is 20.2. The SMILES string of the molecule is O=c1ccc2c(Cl)c3ccoc3c(OCCCCN3CCC(c4noc5cc(F)ccc45)CC3)c2o1. The molecule has 1 aliphatic heterocycles. The molecule has 6 rings (SSSR count). The number of halogens is 2. The fraction of sp³-hybridized carbons (Fsp3) is 0.333. The minimum absolute atomic E-state index is 0.306. The largest absolute Gasteiger partial charge is 0.486 e. The molecule has 0 radical (unpaired) electrons. The number of ether oxygens (including phenoxy) is 1. The number of likely N-dealkylation sites (tertiary alicyclic amines) is 1. The Morgan fingerprint density at radius 2 is 1.86 bits per heavy atom. The van der Waals surface area contributed by atoms with Crippen molar-refractivity contribution >= 4 is 44.5 Å². The highest BCUT2D eigenvalue weighted by Gasteiger charge is 2.25. The van der Waals surface area contributed by atoms with Crippen LogP contribution in [0.1, 0.15) is 37.3 Å². The number of unbranched alkanes of at least 4 members (excludes halogenated alkanes) is 1. The van der Waals surface area contributed by atoms with Crippen LogP contribution in [-0.2, 0) is 0 Å². The fourth-order valence-corrected chi connectivity index (χ4v) is 5.36. The van der Waals surface area contributed by atoms with Crippen LogP contribution >= 0.6 is 11.6 Å². The van der Waals surface area contributed by atoms with Gasteiger partial charge in [0.2, 0.25) is 5.75 Å². The predicted octanol–water partition coefficient (Wildman–Crippen LogP) is 6.51. The molecule has 4 heterocycles. The van der Waals surface area contributed by atoms with Crippen molar-refractivity contribution in [2.24, 2.45) is 0 Å². The summed E-state index contributed by atoms with van der Waals surface area (Å²) in [6.45, 7) is 3.37. The van der Waals surface area contributed by atoms with Crippen molar-refractivity contribution in [1.82, 2.24) is 10.1 Å². The summed E-state index contributed by atoms with van der Waals surface area (Å²) in [6, 6.07) is 9.37. The Kier molecular flexibility index (Phi) is 6.15. The molecule has 1 aliphatic rings.